The van der Waals surface area contributed by atoms with E-state index in [1.807, 2.05) is 60.7 Å². The Balaban J connectivity index is 2.42. The van der Waals surface area contributed by atoms with E-state index < -0.39 is 5.92 Å². The first-order valence-corrected chi connectivity index (χ1v) is 7.73. The second-order valence-electron chi connectivity index (χ2n) is 5.13. The number of rotatable bonds is 5. The number of nitrogens with zero attached hydrogens (tertiary/aromatic N) is 1. The lowest BCUT2D eigenvalue weighted by Crippen LogP contribution is -2.39. The van der Waals surface area contributed by atoms with Gasteiger partial charge in [-0.05, 0) is 11.1 Å². The summed E-state index contributed by atoms with van der Waals surface area (Å²) in [7, 11) is 3.44. The van der Waals surface area contributed by atoms with Crippen molar-refractivity contribution in [2.24, 2.45) is 5.92 Å². The summed E-state index contributed by atoms with van der Waals surface area (Å²) in [6.07, 6.45) is 0. The molecule has 0 atom stereocenters. The molecule has 0 aromatic heterocycles. The number of carbonyl (C=O) groups excluding carboxylic acids is 1. The minimum atomic E-state index is -0.607. The zero-order valence-electron chi connectivity index (χ0n) is 12.5. The molecule has 2 aromatic rings. The van der Waals surface area contributed by atoms with Gasteiger partial charge in [0.05, 0.1) is 0 Å². The molecular weight excluding hydrogens is 310 g/mol. The summed E-state index contributed by atoms with van der Waals surface area (Å²) in [4.78, 5) is 15.3. The second-order valence-corrected chi connectivity index (χ2v) is 6.01. The lowest BCUT2D eigenvalue weighted by Gasteiger charge is -2.22. The SMILES string of the molecule is CN(C)C(=O)C(C(=S)c1ccccc1)C(=S)c1ccccc1. The minimum absolute atomic E-state index is 0.0947. The maximum atomic E-state index is 12.6. The number of hydrogen-bond donors (Lipinski definition) is 0. The number of hydrogen-bond acceptors (Lipinski definition) is 3. The lowest BCUT2D eigenvalue weighted by atomic mass is 9.91. The van der Waals surface area contributed by atoms with Crippen LogP contribution in [-0.4, -0.2) is 34.6 Å². The molecular formula is C18H17NOS2. The molecule has 1 amide bonds. The number of thiocarbonyl (C=S) groups is 2. The molecule has 4 heteroatoms. The van der Waals surface area contributed by atoms with Crippen LogP contribution in [-0.2, 0) is 4.79 Å². The molecule has 0 saturated heterocycles. The Morgan fingerprint density at radius 3 is 1.50 bits per heavy atom. The van der Waals surface area contributed by atoms with Gasteiger partial charge in [-0.1, -0.05) is 85.1 Å². The van der Waals surface area contributed by atoms with E-state index in [1.54, 1.807) is 14.1 Å². The van der Waals surface area contributed by atoms with Crippen molar-refractivity contribution in [1.29, 1.82) is 0 Å². The van der Waals surface area contributed by atoms with Crippen molar-refractivity contribution in [3.05, 3.63) is 71.8 Å². The van der Waals surface area contributed by atoms with E-state index in [9.17, 15) is 4.79 Å². The number of amides is 1. The highest BCUT2D eigenvalue weighted by molar-refractivity contribution is 7.82. The van der Waals surface area contributed by atoms with Gasteiger partial charge in [0, 0.05) is 23.8 Å². The molecule has 2 rings (SSSR count). The Hall–Kier alpha value is -1.91. The van der Waals surface area contributed by atoms with E-state index in [0.717, 1.165) is 11.1 Å². The number of carbonyl (C=O) groups is 1. The highest BCUT2D eigenvalue weighted by Gasteiger charge is 2.30. The third kappa shape index (κ3) is 3.64. The lowest BCUT2D eigenvalue weighted by molar-refractivity contribution is -0.128. The predicted octanol–water partition coefficient (Wildman–Crippen LogP) is 3.53. The van der Waals surface area contributed by atoms with Crippen molar-refractivity contribution < 1.29 is 4.79 Å². The zero-order chi connectivity index (χ0) is 16.1. The van der Waals surface area contributed by atoms with Gasteiger partial charge >= 0.3 is 0 Å². The summed E-state index contributed by atoms with van der Waals surface area (Å²) in [5.41, 5.74) is 1.71. The van der Waals surface area contributed by atoms with Crippen molar-refractivity contribution in [1.82, 2.24) is 4.90 Å². The first-order chi connectivity index (χ1) is 10.5. The van der Waals surface area contributed by atoms with Crippen LogP contribution < -0.4 is 0 Å². The molecule has 0 unspecified atom stereocenters. The Morgan fingerprint density at radius 2 is 1.18 bits per heavy atom. The third-order valence-corrected chi connectivity index (χ3v) is 4.27. The van der Waals surface area contributed by atoms with E-state index >= 15 is 0 Å². The fourth-order valence-corrected chi connectivity index (χ4v) is 2.92. The number of benzene rings is 2. The smallest absolute Gasteiger partial charge is 0.235 e. The van der Waals surface area contributed by atoms with Crippen LogP contribution in [0.5, 0.6) is 0 Å². The van der Waals surface area contributed by atoms with Gasteiger partial charge in [-0.25, -0.2) is 0 Å². The summed E-state index contributed by atoms with van der Waals surface area (Å²) >= 11 is 11.2. The van der Waals surface area contributed by atoms with Gasteiger partial charge in [0.25, 0.3) is 0 Å². The molecule has 0 fully saturated rings. The van der Waals surface area contributed by atoms with Crippen molar-refractivity contribution in [2.75, 3.05) is 14.1 Å². The normalized spacial score (nSPS) is 10.3. The summed E-state index contributed by atoms with van der Waals surface area (Å²) in [6, 6.07) is 19.1. The van der Waals surface area contributed by atoms with Gasteiger partial charge in [0.2, 0.25) is 5.91 Å². The van der Waals surface area contributed by atoms with Crippen molar-refractivity contribution in [2.45, 2.75) is 0 Å². The summed E-state index contributed by atoms with van der Waals surface area (Å²) in [5, 5.41) is 0. The summed E-state index contributed by atoms with van der Waals surface area (Å²) in [6.45, 7) is 0. The van der Waals surface area contributed by atoms with E-state index in [4.69, 9.17) is 24.4 Å². The molecule has 0 bridgehead atoms. The van der Waals surface area contributed by atoms with E-state index in [0.29, 0.717) is 9.73 Å². The fraction of sp³-hybridized carbons (Fsp3) is 0.167. The average molecular weight is 327 g/mol. The van der Waals surface area contributed by atoms with Gasteiger partial charge in [-0.2, -0.15) is 0 Å². The van der Waals surface area contributed by atoms with Crippen LogP contribution in [0.25, 0.3) is 0 Å². The monoisotopic (exact) mass is 327 g/mol. The Morgan fingerprint density at radius 1 is 0.818 bits per heavy atom. The standard InChI is InChI=1S/C18H17NOS2/c1-19(2)18(20)15(16(21)13-9-5-3-6-10-13)17(22)14-11-7-4-8-12-14/h3-12,15H,1-2H3. The maximum Gasteiger partial charge on any atom is 0.235 e. The molecule has 2 nitrogen and oxygen atoms in total. The Bertz CT molecular complexity index is 629. The molecule has 0 heterocycles. The highest BCUT2D eigenvalue weighted by atomic mass is 32.1. The van der Waals surface area contributed by atoms with Gasteiger partial charge < -0.3 is 4.90 Å². The van der Waals surface area contributed by atoms with Crippen LogP contribution >= 0.6 is 24.4 Å². The molecule has 2 aromatic carbocycles. The largest absolute Gasteiger partial charge is 0.348 e. The molecule has 0 spiro atoms. The van der Waals surface area contributed by atoms with Crippen LogP contribution in [0, 0.1) is 5.92 Å². The second kappa shape index (κ2) is 7.38. The van der Waals surface area contributed by atoms with Crippen LogP contribution in [0.4, 0.5) is 0 Å². The van der Waals surface area contributed by atoms with E-state index in [2.05, 4.69) is 0 Å². The molecule has 0 N–H and O–H groups in total. The summed E-state index contributed by atoms with van der Waals surface area (Å²) < 4.78 is 0. The van der Waals surface area contributed by atoms with Crippen molar-refractivity contribution in [3.8, 4) is 0 Å². The maximum absolute atomic E-state index is 12.6. The zero-order valence-corrected chi connectivity index (χ0v) is 14.2. The molecule has 0 aliphatic carbocycles. The summed E-state index contributed by atoms with van der Waals surface area (Å²) in [5.74, 6) is -0.701. The first kappa shape index (κ1) is 16.5. The Kier molecular flexibility index (Phi) is 5.52. The fourth-order valence-electron chi connectivity index (χ4n) is 2.14. The molecule has 0 aliphatic rings. The molecule has 22 heavy (non-hydrogen) atoms. The van der Waals surface area contributed by atoms with Gasteiger partial charge in [-0.3, -0.25) is 4.79 Å². The minimum Gasteiger partial charge on any atom is -0.348 e. The van der Waals surface area contributed by atoms with Gasteiger partial charge in [0.15, 0.2) is 0 Å². The first-order valence-electron chi connectivity index (χ1n) is 6.92. The van der Waals surface area contributed by atoms with E-state index in [-0.39, 0.29) is 5.91 Å². The highest BCUT2D eigenvalue weighted by Crippen LogP contribution is 2.19. The predicted molar refractivity (Wildman–Crippen MR) is 98.5 cm³/mol. The van der Waals surface area contributed by atoms with Crippen LogP contribution in [0.2, 0.25) is 0 Å². The Labute approximate surface area is 141 Å². The van der Waals surface area contributed by atoms with Crippen molar-refractivity contribution in [3.63, 3.8) is 0 Å². The topological polar surface area (TPSA) is 20.3 Å². The van der Waals surface area contributed by atoms with Gasteiger partial charge in [-0.15, -0.1) is 0 Å². The average Bonchev–Trinajstić information content (AvgIpc) is 2.56. The van der Waals surface area contributed by atoms with Crippen molar-refractivity contribution >= 4 is 40.1 Å². The van der Waals surface area contributed by atoms with E-state index in [1.165, 1.54) is 4.90 Å². The van der Waals surface area contributed by atoms with Crippen LogP contribution in [0.1, 0.15) is 11.1 Å². The van der Waals surface area contributed by atoms with Crippen LogP contribution in [0.15, 0.2) is 60.7 Å². The third-order valence-electron chi connectivity index (χ3n) is 3.33. The van der Waals surface area contributed by atoms with Gasteiger partial charge in [0.1, 0.15) is 5.92 Å². The quantitative estimate of drug-likeness (QED) is 0.619. The molecule has 0 saturated carbocycles. The molecule has 112 valence electrons. The van der Waals surface area contributed by atoms with Crippen LogP contribution in [0.3, 0.4) is 0 Å². The molecule has 0 aliphatic heterocycles. The molecule has 0 radical (unpaired) electrons.